The molecular weight excluding hydrogens is 2060 g/mol. The second-order valence-electron chi connectivity index (χ2n) is 37.4. The van der Waals surface area contributed by atoms with Gasteiger partial charge in [-0.2, -0.15) is 0 Å². The highest BCUT2D eigenvalue weighted by Gasteiger charge is 2.66. The summed E-state index contributed by atoms with van der Waals surface area (Å²) in [4.78, 5) is 90.7. The third-order valence-corrected chi connectivity index (χ3v) is 27.0. The Labute approximate surface area is 845 Å². The van der Waals surface area contributed by atoms with Crippen LogP contribution in [0.2, 0.25) is 0 Å². The molecule has 0 unspecified atom stereocenters. The molecule has 11 fully saturated rings. The molecule has 0 saturated carbocycles. The molecule has 11 saturated heterocycles. The summed E-state index contributed by atoms with van der Waals surface area (Å²) in [5, 5.41) is 402. The fourth-order valence-corrected chi connectivity index (χ4v) is 19.1. The van der Waals surface area contributed by atoms with E-state index in [0.717, 1.165) is 27.7 Å². The number of aliphatic hydroxyl groups is 33. The lowest BCUT2D eigenvalue weighted by atomic mass is 9.88. The van der Waals surface area contributed by atoms with Gasteiger partial charge in [-0.1, -0.05) is 0 Å². The van der Waals surface area contributed by atoms with E-state index in [-0.39, 0.29) is 0 Å². The fraction of sp³-hybridized carbons (Fsp3) is 0.915. The van der Waals surface area contributed by atoms with E-state index in [4.69, 9.17) is 99.5 Å². The first-order chi connectivity index (χ1) is 70.7. The molecule has 11 aliphatic rings. The first-order valence-electron chi connectivity index (χ1n) is 47.1. The van der Waals surface area contributed by atoms with Crippen LogP contribution in [0.1, 0.15) is 40.5 Å². The highest BCUT2D eigenvalue weighted by Crippen LogP contribution is 2.45. The van der Waals surface area contributed by atoms with Crippen molar-refractivity contribution < 1.29 is 312 Å². The average molecular weight is 2200 g/mol. The predicted molar refractivity (Wildman–Crippen MR) is 456 cm³/mol. The summed E-state index contributed by atoms with van der Waals surface area (Å²) in [5.74, 6) is -16.2. The largest absolute Gasteiger partial charge is 0.477 e. The molecule has 0 aliphatic carbocycles. The number of hydrogen-bond acceptors (Lipinski definition) is 61. The van der Waals surface area contributed by atoms with E-state index in [1.807, 2.05) is 5.32 Å². The molecule has 68 nitrogen and oxygen atoms in total. The number of nitrogens with one attached hydrogen (secondary N) is 5. The molecule has 0 aromatic heterocycles. The number of carbonyl (C=O) groups excluding carboxylic acids is 5. The van der Waals surface area contributed by atoms with E-state index in [2.05, 4.69) is 21.3 Å². The molecule has 0 bridgehead atoms. The van der Waals surface area contributed by atoms with Gasteiger partial charge in [0.2, 0.25) is 29.5 Å². The van der Waals surface area contributed by atoms with Crippen LogP contribution in [0.25, 0.3) is 0 Å². The number of hydrogen-bond donors (Lipinski definition) is 40. The van der Waals surface area contributed by atoms with Gasteiger partial charge >= 0.3 is 11.9 Å². The van der Waals surface area contributed by atoms with Crippen molar-refractivity contribution in [2.75, 3.05) is 79.3 Å². The molecule has 5 amide bonds. The van der Waals surface area contributed by atoms with Crippen LogP contribution < -0.4 is 26.6 Å². The number of carboxylic acids is 2. The molecule has 57 atom stereocenters. The van der Waals surface area contributed by atoms with Crippen LogP contribution in [-0.4, -0.2) is 648 Å². The number of ether oxygens (including phenoxy) is 21. The Morgan fingerprint density at radius 1 is 0.293 bits per heavy atom. The van der Waals surface area contributed by atoms with Crippen molar-refractivity contribution in [3.05, 3.63) is 0 Å². The molecule has 0 spiro atoms. The van der Waals surface area contributed by atoms with E-state index in [0.29, 0.717) is 0 Å². The lowest BCUT2D eigenvalue weighted by molar-refractivity contribution is -0.400. The summed E-state index contributed by atoms with van der Waals surface area (Å²) >= 11 is 0. The number of carbonyl (C=O) groups is 7. The molecule has 150 heavy (non-hydrogen) atoms. The van der Waals surface area contributed by atoms with E-state index in [9.17, 15) is 212 Å². The molecule has 11 rings (SSSR count). The Balaban J connectivity index is 0.898. The van der Waals surface area contributed by atoms with Gasteiger partial charge in [-0.3, -0.25) is 24.0 Å². The topological polar surface area (TPSA) is 1080 Å². The van der Waals surface area contributed by atoms with Crippen LogP contribution in [0.15, 0.2) is 0 Å². The van der Waals surface area contributed by atoms with E-state index >= 15 is 0 Å². The maximum atomic E-state index is 13.4. The standard InChI is InChI=1S/C82H135N5O63/c1-19(98)83-38-50(115)60(30(12-93)132-70(38)125)141-71-39(84-20(2)99)51(116)62(32(14-95)136-71)143-75-58(123)65(145-78-69(56(121)46(111)28(10-91)135-78)147-73-41(86-22(4)101)52(117)61(31(13-94)138-73)142-74-57(122)54(119)47(112)35(140-74)18-131-81(79(126)127)6-24(103)42(107)66(149-81)44(109)26(105)8-89)49(114)34(139-75)17-130-77-68(55(120)45(110)27(9-90)134-77)146-72-40(85-21(3)100)53(118)63(33(15-96)137-72)144-76-59(124)67(48(113)29(11-92)133-76)150-82(80(128)129)5-23(102)37(87-36(106)16-97)64(148-82)43(108)25(104)7-88/h23-35,37-78,88-97,102-105,107-125H,5-18H2,1-4H3,(H,83,98)(H,84,99)(H,85,100)(H,86,101)(H,87,106)(H,126,127)(H,128,129)/t23-,24-,25+,26+,27+,28+,29+,30+,31+,32+,33+,34+,35+,37+,38+,39+,40+,41+,42+,43+,44+,45+,46+,47-,48-,49+,50+,51+,52+,53+,54-,55-,56-,57+,58-,59+,60+,61+,62+,63+,64+,65-,66+,67-,68-,69-,70+,71-,72-,73-,74-,75-,76-,77-,78+,81+,82-/m0/s1. The molecule has 0 radical (unpaired) electrons. The zero-order chi connectivity index (χ0) is 111. The Morgan fingerprint density at radius 2 is 0.620 bits per heavy atom. The van der Waals surface area contributed by atoms with Gasteiger partial charge in [0.1, 0.15) is 269 Å². The molecule has 11 heterocycles. The van der Waals surface area contributed by atoms with Gasteiger partial charge in [0.25, 0.3) is 11.6 Å². The van der Waals surface area contributed by atoms with Crippen molar-refractivity contribution in [1.82, 2.24) is 26.6 Å². The van der Waals surface area contributed by atoms with Gasteiger partial charge < -0.3 is 305 Å². The van der Waals surface area contributed by atoms with Crippen molar-refractivity contribution in [3.8, 4) is 0 Å². The Bertz CT molecular complexity index is 4300. The fourth-order valence-electron chi connectivity index (χ4n) is 19.1. The third-order valence-electron chi connectivity index (χ3n) is 27.0. The van der Waals surface area contributed by atoms with Gasteiger partial charge in [0.05, 0.1) is 90.9 Å². The van der Waals surface area contributed by atoms with Gasteiger partial charge in [0.15, 0.2) is 56.6 Å². The highest BCUT2D eigenvalue weighted by atomic mass is 16.8. The van der Waals surface area contributed by atoms with Crippen molar-refractivity contribution in [2.45, 2.75) is 389 Å². The number of aliphatic hydroxyl groups excluding tert-OH is 33. The van der Waals surface area contributed by atoms with Gasteiger partial charge in [0, 0.05) is 40.5 Å². The maximum absolute atomic E-state index is 13.4. The Morgan fingerprint density at radius 3 is 1.05 bits per heavy atom. The number of aliphatic carboxylic acids is 2. The van der Waals surface area contributed by atoms with Crippen molar-refractivity contribution >= 4 is 41.5 Å². The lowest BCUT2D eigenvalue weighted by Gasteiger charge is -2.51. The number of rotatable bonds is 43. The van der Waals surface area contributed by atoms with Gasteiger partial charge in [-0.15, -0.1) is 0 Å². The summed E-state index contributed by atoms with van der Waals surface area (Å²) < 4.78 is 124. The monoisotopic (exact) mass is 2200 g/mol. The predicted octanol–water partition coefficient (Wildman–Crippen LogP) is -26.9. The maximum Gasteiger partial charge on any atom is 0.364 e. The molecule has 40 N–H and O–H groups in total. The first kappa shape index (κ1) is 124. The minimum Gasteiger partial charge on any atom is -0.477 e. The minimum absolute atomic E-state index is 0.832. The lowest BCUT2D eigenvalue weighted by Crippen LogP contribution is -2.71. The van der Waals surface area contributed by atoms with E-state index in [1.165, 1.54) is 0 Å². The Kier molecular flexibility index (Phi) is 44.5. The zero-order valence-corrected chi connectivity index (χ0v) is 79.7. The van der Waals surface area contributed by atoms with E-state index < -0.39 is 482 Å². The van der Waals surface area contributed by atoms with Gasteiger partial charge in [-0.05, 0) is 0 Å². The second-order valence-corrected chi connectivity index (χ2v) is 37.4. The molecular formula is C82H135N5O63. The zero-order valence-electron chi connectivity index (χ0n) is 79.7. The summed E-state index contributed by atoms with van der Waals surface area (Å²) in [6, 6.07) is -10.0. The SMILES string of the molecule is CC(=O)N[C@@H]1[C@@H](O)[C@H](O[C@@H]2O[C@H](CO)[C@@H](O[C@@H]3O[C@H](CO[C@H]4O[C@H](CO)[C@@H](O)[C@H](O)[C@@H]4O[C@@H]4O[C@H](CO)[C@@H](O[C@@H]5O[C@H](CO)[C@H](O)[C@H](O[C@]6(C(=O)O)C[C@H](O)[C@@H](NC(=O)CO)[C@H]([C@H](O)[C@H](O)CO)O6)[C@H]5O)[C@H](O)[C@H]4NC(C)=O)[C@@H](O)[C@H](O[C@H]4O[C@H](CO)[C@@H](O)[C@H](O)[C@@H]4O[C@@H]4O[C@H](CO)[C@@H](O[C@@H]5O[C@H](CO[C@]6(C(=O)O)C[C@H](O)[C@@H](O)[C@H]([C@H](O)[C@H](O)CO)O6)[C@H](O)[C@H](O)[C@H]5O)[C@H](O)[C@H]4NC(C)=O)[C@@H]3O)[C@H](O)[C@H]2NC(C)=O)[C@@H](CO)O[C@H]1O. The highest BCUT2D eigenvalue weighted by molar-refractivity contribution is 5.79. The third kappa shape index (κ3) is 27.3. The minimum atomic E-state index is -3.41. The molecule has 68 heteroatoms. The smallest absolute Gasteiger partial charge is 0.364 e. The van der Waals surface area contributed by atoms with Crippen LogP contribution >= 0.6 is 0 Å². The molecule has 0 aromatic carbocycles. The normalized spacial score (nSPS) is 46.5. The molecule has 866 valence electrons. The summed E-state index contributed by atoms with van der Waals surface area (Å²) in [6.07, 6.45) is -118. The van der Waals surface area contributed by atoms with Crippen LogP contribution in [0, 0.1) is 0 Å². The van der Waals surface area contributed by atoms with Crippen molar-refractivity contribution in [1.29, 1.82) is 0 Å². The quantitative estimate of drug-likeness (QED) is 0.0270. The van der Waals surface area contributed by atoms with Crippen LogP contribution in [0.5, 0.6) is 0 Å². The molecule has 11 aliphatic heterocycles. The Hall–Kier alpha value is -5.87. The van der Waals surface area contributed by atoms with Crippen LogP contribution in [0.4, 0.5) is 0 Å². The summed E-state index contributed by atoms with van der Waals surface area (Å²) in [7, 11) is 0. The van der Waals surface area contributed by atoms with Crippen LogP contribution in [0.3, 0.4) is 0 Å². The molecule has 0 aromatic rings. The average Bonchev–Trinajstić information content (AvgIpc) is 0.749. The summed E-state index contributed by atoms with van der Waals surface area (Å²) in [6.45, 7) is -11.7. The van der Waals surface area contributed by atoms with Crippen molar-refractivity contribution in [2.24, 2.45) is 0 Å². The number of carboxylic acid groups (broad SMARTS) is 2. The van der Waals surface area contributed by atoms with Gasteiger partial charge in [-0.25, -0.2) is 9.59 Å². The van der Waals surface area contributed by atoms with Crippen LogP contribution in [-0.2, 0) is 133 Å². The first-order valence-corrected chi connectivity index (χ1v) is 47.1. The number of amides is 5. The summed E-state index contributed by atoms with van der Waals surface area (Å²) in [5.41, 5.74) is 0. The second kappa shape index (κ2) is 53.7. The van der Waals surface area contributed by atoms with Crippen molar-refractivity contribution in [3.63, 3.8) is 0 Å². The van der Waals surface area contributed by atoms with E-state index in [1.54, 1.807) is 0 Å².